The first kappa shape index (κ1) is 16.0. The number of hydrogen-bond acceptors (Lipinski definition) is 3. The Hall–Kier alpha value is -1.86. The number of aromatic nitrogens is 3. The summed E-state index contributed by atoms with van der Waals surface area (Å²) in [5.74, 6) is 7.24. The molecule has 0 N–H and O–H groups in total. The lowest BCUT2D eigenvalue weighted by Gasteiger charge is -2.26. The van der Waals surface area contributed by atoms with Crippen molar-refractivity contribution >= 4 is 5.65 Å². The molecule has 2 aromatic heterocycles. The molecule has 3 heterocycles. The summed E-state index contributed by atoms with van der Waals surface area (Å²) in [4.78, 5) is 2.53. The Kier molecular flexibility index (Phi) is 4.41. The summed E-state index contributed by atoms with van der Waals surface area (Å²) >= 11 is 0. The van der Waals surface area contributed by atoms with Crippen LogP contribution in [0.25, 0.3) is 5.65 Å². The van der Waals surface area contributed by atoms with Gasteiger partial charge in [0.25, 0.3) is 0 Å². The maximum absolute atomic E-state index is 4.43. The maximum atomic E-state index is 4.43. The Morgan fingerprint density at radius 1 is 1.09 bits per heavy atom. The minimum absolute atomic E-state index is 0.0576. The average Bonchev–Trinajstić information content (AvgIpc) is 2.93. The van der Waals surface area contributed by atoms with Crippen molar-refractivity contribution in [2.75, 3.05) is 13.1 Å². The van der Waals surface area contributed by atoms with E-state index in [1.54, 1.807) is 0 Å². The van der Waals surface area contributed by atoms with Gasteiger partial charge in [0, 0.05) is 12.0 Å². The predicted molar refractivity (Wildman–Crippen MR) is 93.4 cm³/mol. The summed E-state index contributed by atoms with van der Waals surface area (Å²) in [7, 11) is 0. The van der Waals surface area contributed by atoms with Crippen LogP contribution in [0.15, 0.2) is 12.1 Å². The number of piperidine rings is 1. The quantitative estimate of drug-likeness (QED) is 0.797. The van der Waals surface area contributed by atoms with Gasteiger partial charge in [0.05, 0.1) is 5.69 Å². The Morgan fingerprint density at radius 2 is 1.83 bits per heavy atom. The topological polar surface area (TPSA) is 33.4 Å². The third-order valence-electron chi connectivity index (χ3n) is 4.34. The van der Waals surface area contributed by atoms with Crippen molar-refractivity contribution in [3.8, 4) is 11.8 Å². The van der Waals surface area contributed by atoms with Gasteiger partial charge < -0.3 is 0 Å². The first-order valence-corrected chi connectivity index (χ1v) is 8.52. The van der Waals surface area contributed by atoms with Crippen LogP contribution in [0.5, 0.6) is 0 Å². The molecule has 0 atom stereocenters. The smallest absolute Gasteiger partial charge is 0.162 e. The third-order valence-corrected chi connectivity index (χ3v) is 4.34. The number of nitrogens with zero attached hydrogens (tertiary/aromatic N) is 4. The summed E-state index contributed by atoms with van der Waals surface area (Å²) in [5.41, 5.74) is 3.12. The van der Waals surface area contributed by atoms with Crippen LogP contribution < -0.4 is 0 Å². The summed E-state index contributed by atoms with van der Waals surface area (Å²) in [5, 5.41) is 8.84. The molecule has 1 fully saturated rings. The minimum Gasteiger partial charge on any atom is -0.299 e. The van der Waals surface area contributed by atoms with Crippen molar-refractivity contribution in [1.29, 1.82) is 0 Å². The molecule has 0 radical (unpaired) electrons. The maximum Gasteiger partial charge on any atom is 0.162 e. The van der Waals surface area contributed by atoms with Gasteiger partial charge in [-0.25, -0.2) is 0 Å². The summed E-state index contributed by atoms with van der Waals surface area (Å²) in [6.07, 6.45) is 3.98. The molecule has 23 heavy (non-hydrogen) atoms. The molecule has 0 amide bonds. The fourth-order valence-electron chi connectivity index (χ4n) is 3.25. The highest BCUT2D eigenvalue weighted by Gasteiger charge is 2.23. The van der Waals surface area contributed by atoms with E-state index in [0.717, 1.165) is 23.7 Å². The molecule has 0 aliphatic carbocycles. The molecule has 2 aromatic rings. The van der Waals surface area contributed by atoms with E-state index in [-0.39, 0.29) is 5.41 Å². The van der Waals surface area contributed by atoms with E-state index in [4.69, 9.17) is 0 Å². The summed E-state index contributed by atoms with van der Waals surface area (Å²) < 4.78 is 2.11. The largest absolute Gasteiger partial charge is 0.299 e. The van der Waals surface area contributed by atoms with Crippen LogP contribution in [0.4, 0.5) is 0 Å². The molecular formula is C19H26N4. The molecule has 0 aromatic carbocycles. The zero-order chi connectivity index (χ0) is 16.4. The Bertz CT molecular complexity index is 749. The monoisotopic (exact) mass is 310 g/mol. The van der Waals surface area contributed by atoms with Crippen LogP contribution in [0.2, 0.25) is 0 Å². The molecule has 4 nitrogen and oxygen atoms in total. The number of fused-ring (bicyclic) bond motifs is 1. The number of rotatable bonds is 2. The molecule has 1 saturated heterocycles. The van der Waals surface area contributed by atoms with Gasteiger partial charge >= 0.3 is 0 Å². The highest BCUT2D eigenvalue weighted by molar-refractivity contribution is 5.49. The van der Waals surface area contributed by atoms with Gasteiger partial charge in [0.15, 0.2) is 5.65 Å². The van der Waals surface area contributed by atoms with E-state index in [9.17, 15) is 0 Å². The second-order valence-corrected chi connectivity index (χ2v) is 7.43. The highest BCUT2D eigenvalue weighted by atomic mass is 15.3. The van der Waals surface area contributed by atoms with Crippen LogP contribution in [-0.4, -0.2) is 32.6 Å². The van der Waals surface area contributed by atoms with E-state index < -0.39 is 0 Å². The number of pyridine rings is 1. The van der Waals surface area contributed by atoms with Crippen LogP contribution in [0, 0.1) is 11.8 Å². The molecule has 122 valence electrons. The molecule has 3 rings (SSSR count). The van der Waals surface area contributed by atoms with Gasteiger partial charge in [0.1, 0.15) is 5.82 Å². The normalized spacial score (nSPS) is 16.3. The van der Waals surface area contributed by atoms with E-state index in [1.807, 2.05) is 6.92 Å². The van der Waals surface area contributed by atoms with Gasteiger partial charge in [-0.15, -0.1) is 10.2 Å². The minimum atomic E-state index is -0.0576. The van der Waals surface area contributed by atoms with Crippen molar-refractivity contribution in [1.82, 2.24) is 19.5 Å². The standard InChI is InChI=1S/C19H26N4/c1-5-9-16-12-15(14-22-10-7-6-8-11-22)13-17-20-21-18(23(16)17)19(2,3)4/h12-13H,6-8,10-11,14H2,1-4H3. The summed E-state index contributed by atoms with van der Waals surface area (Å²) in [6.45, 7) is 11.7. The zero-order valence-electron chi connectivity index (χ0n) is 14.7. The second kappa shape index (κ2) is 6.33. The van der Waals surface area contributed by atoms with Gasteiger partial charge in [-0.3, -0.25) is 9.30 Å². The molecule has 4 heteroatoms. The first-order valence-electron chi connectivity index (χ1n) is 8.52. The van der Waals surface area contributed by atoms with E-state index in [0.29, 0.717) is 0 Å². The molecule has 0 unspecified atom stereocenters. The van der Waals surface area contributed by atoms with Crippen molar-refractivity contribution in [3.05, 3.63) is 29.2 Å². The molecule has 0 saturated carbocycles. The molecule has 0 spiro atoms. The fraction of sp³-hybridized carbons (Fsp3) is 0.579. The highest BCUT2D eigenvalue weighted by Crippen LogP contribution is 2.24. The fourth-order valence-corrected chi connectivity index (χ4v) is 3.25. The van der Waals surface area contributed by atoms with Crippen LogP contribution in [-0.2, 0) is 12.0 Å². The van der Waals surface area contributed by atoms with Crippen LogP contribution >= 0.6 is 0 Å². The number of hydrogen-bond donors (Lipinski definition) is 0. The van der Waals surface area contributed by atoms with Gasteiger partial charge in [-0.1, -0.05) is 33.1 Å². The lowest BCUT2D eigenvalue weighted by Crippen LogP contribution is -2.29. The molecule has 1 aliphatic rings. The molecule has 0 bridgehead atoms. The predicted octanol–water partition coefficient (Wildman–Crippen LogP) is 3.38. The molecular weight excluding hydrogens is 284 g/mol. The average molecular weight is 310 g/mol. The lowest BCUT2D eigenvalue weighted by molar-refractivity contribution is 0.221. The van der Waals surface area contributed by atoms with Crippen molar-refractivity contribution in [2.24, 2.45) is 0 Å². The second-order valence-electron chi connectivity index (χ2n) is 7.43. The Labute approximate surface area is 138 Å². The number of likely N-dealkylation sites (tertiary alicyclic amines) is 1. The third kappa shape index (κ3) is 3.40. The van der Waals surface area contributed by atoms with E-state index in [1.165, 1.54) is 37.9 Å². The first-order chi connectivity index (χ1) is 11.0. The van der Waals surface area contributed by atoms with Gasteiger partial charge in [-0.05, 0) is 56.5 Å². The van der Waals surface area contributed by atoms with Crippen LogP contribution in [0.1, 0.15) is 64.0 Å². The van der Waals surface area contributed by atoms with Crippen LogP contribution in [0.3, 0.4) is 0 Å². The molecule has 1 aliphatic heterocycles. The SMILES string of the molecule is CC#Cc1cc(CN2CCCCC2)cc2nnc(C(C)(C)C)n12. The zero-order valence-corrected chi connectivity index (χ0v) is 14.7. The lowest BCUT2D eigenvalue weighted by atomic mass is 9.95. The van der Waals surface area contributed by atoms with Crippen molar-refractivity contribution in [2.45, 2.75) is 58.9 Å². The van der Waals surface area contributed by atoms with Crippen molar-refractivity contribution in [3.63, 3.8) is 0 Å². The van der Waals surface area contributed by atoms with E-state index >= 15 is 0 Å². The van der Waals surface area contributed by atoms with Gasteiger partial charge in [-0.2, -0.15) is 0 Å². The summed E-state index contributed by atoms with van der Waals surface area (Å²) in [6, 6.07) is 4.37. The Morgan fingerprint density at radius 3 is 2.48 bits per heavy atom. The van der Waals surface area contributed by atoms with Crippen molar-refractivity contribution < 1.29 is 0 Å². The van der Waals surface area contributed by atoms with Gasteiger partial charge in [0.2, 0.25) is 0 Å². The van der Waals surface area contributed by atoms with E-state index in [2.05, 4.69) is 64.2 Å². The Balaban J connectivity index is 2.03.